The minimum Gasteiger partial charge on any atom is -0.465 e. The minimum absolute atomic E-state index is 0.0145. The average Bonchev–Trinajstić information content (AvgIpc) is 3.32. The summed E-state index contributed by atoms with van der Waals surface area (Å²) in [6, 6.07) is 0. The maximum absolute atomic E-state index is 13.0. The second-order valence-electron chi connectivity index (χ2n) is 18.6. The first kappa shape index (κ1) is 64.7. The highest BCUT2D eigenvalue weighted by Gasteiger charge is 2.20. The maximum atomic E-state index is 13.0. The van der Waals surface area contributed by atoms with Gasteiger partial charge in [0.15, 0.2) is 0 Å². The lowest BCUT2D eigenvalue weighted by Gasteiger charge is -2.19. The number of hydrogen-bond acceptors (Lipinski definition) is 11. The molecule has 11 heteroatoms. The molecule has 394 valence electrons. The summed E-state index contributed by atoms with van der Waals surface area (Å²) in [6.07, 6.45) is 35.9. The molecule has 0 amide bonds. The Morgan fingerprint density at radius 2 is 0.636 bits per heavy atom. The van der Waals surface area contributed by atoms with Crippen LogP contribution in [0, 0.1) is 11.8 Å². The first-order chi connectivity index (χ1) is 32.5. The van der Waals surface area contributed by atoms with Crippen molar-refractivity contribution in [3.8, 4) is 0 Å². The molecule has 0 aliphatic rings. The van der Waals surface area contributed by atoms with Crippen molar-refractivity contribution in [3.05, 3.63) is 0 Å². The lowest BCUT2D eigenvalue weighted by molar-refractivity contribution is -0.150. The van der Waals surface area contributed by atoms with Crippen LogP contribution in [-0.2, 0) is 47.5 Å². The van der Waals surface area contributed by atoms with Gasteiger partial charge in [-0.25, -0.2) is 0 Å². The zero-order valence-corrected chi connectivity index (χ0v) is 43.8. The number of rotatable bonds is 56. The molecule has 0 heterocycles. The van der Waals surface area contributed by atoms with Gasteiger partial charge in [0.2, 0.25) is 0 Å². The third-order valence-electron chi connectivity index (χ3n) is 12.3. The fourth-order valence-corrected chi connectivity index (χ4v) is 8.08. The summed E-state index contributed by atoms with van der Waals surface area (Å²) in [4.78, 5) is 26.0. The lowest BCUT2D eigenvalue weighted by atomic mass is 9.94. The first-order valence-electron chi connectivity index (χ1n) is 28.0. The molecule has 11 nitrogen and oxygen atoms in total. The smallest absolute Gasteiger partial charge is 0.308 e. The van der Waals surface area contributed by atoms with Crippen molar-refractivity contribution in [2.24, 2.45) is 11.8 Å². The molecular formula is C55H108O11. The van der Waals surface area contributed by atoms with E-state index in [2.05, 4.69) is 27.7 Å². The molecular weight excluding hydrogens is 837 g/mol. The summed E-state index contributed by atoms with van der Waals surface area (Å²) in [7, 11) is 0. The van der Waals surface area contributed by atoms with E-state index in [-0.39, 0.29) is 36.5 Å². The van der Waals surface area contributed by atoms with Crippen molar-refractivity contribution >= 4 is 11.9 Å². The lowest BCUT2D eigenvalue weighted by Crippen LogP contribution is -2.27. The SMILES string of the molecule is CCCCCCCCC(CCCCCC)C(=O)OCCCCCCOCC(COCCOCCOCCOCCO)OCCCCCCOC(=O)C(CCCCCC)CCCCCCCC. The Hall–Kier alpha value is -1.34. The van der Waals surface area contributed by atoms with Crippen LogP contribution in [0.15, 0.2) is 0 Å². The topological polar surface area (TPSA) is 128 Å². The normalized spacial score (nSPS) is 13.0. The van der Waals surface area contributed by atoms with Crippen LogP contribution in [0.25, 0.3) is 0 Å². The van der Waals surface area contributed by atoms with Gasteiger partial charge in [-0.1, -0.05) is 169 Å². The van der Waals surface area contributed by atoms with Crippen LogP contribution in [0.1, 0.15) is 233 Å². The van der Waals surface area contributed by atoms with E-state index in [0.717, 1.165) is 103 Å². The average molecular weight is 945 g/mol. The summed E-state index contributed by atoms with van der Waals surface area (Å²) >= 11 is 0. The van der Waals surface area contributed by atoms with Gasteiger partial charge in [0.1, 0.15) is 6.10 Å². The van der Waals surface area contributed by atoms with Crippen LogP contribution in [0.5, 0.6) is 0 Å². The fraction of sp³-hybridized carbons (Fsp3) is 0.964. The van der Waals surface area contributed by atoms with Gasteiger partial charge in [-0.05, 0) is 64.2 Å². The van der Waals surface area contributed by atoms with Crippen LogP contribution in [0.2, 0.25) is 0 Å². The molecule has 1 N–H and O–H groups in total. The van der Waals surface area contributed by atoms with Crippen molar-refractivity contribution in [1.82, 2.24) is 0 Å². The van der Waals surface area contributed by atoms with Crippen molar-refractivity contribution in [1.29, 1.82) is 0 Å². The van der Waals surface area contributed by atoms with E-state index in [1.54, 1.807) is 0 Å². The number of unbranched alkanes of at least 4 members (excludes halogenated alkanes) is 22. The van der Waals surface area contributed by atoms with Crippen LogP contribution < -0.4 is 0 Å². The number of hydrogen-bond donors (Lipinski definition) is 1. The highest BCUT2D eigenvalue weighted by atomic mass is 16.6. The third-order valence-corrected chi connectivity index (χ3v) is 12.3. The number of carbonyl (C=O) groups excluding carboxylic acids is 2. The fourth-order valence-electron chi connectivity index (χ4n) is 8.08. The van der Waals surface area contributed by atoms with Gasteiger partial charge in [0.05, 0.1) is 91.1 Å². The van der Waals surface area contributed by atoms with Crippen molar-refractivity contribution in [2.75, 3.05) is 92.5 Å². The summed E-state index contributed by atoms with van der Waals surface area (Å²) in [5.41, 5.74) is 0. The van der Waals surface area contributed by atoms with Gasteiger partial charge in [-0.3, -0.25) is 9.59 Å². The van der Waals surface area contributed by atoms with E-state index in [1.165, 1.54) is 103 Å². The van der Waals surface area contributed by atoms with Gasteiger partial charge in [0, 0.05) is 13.2 Å². The Morgan fingerprint density at radius 3 is 1.05 bits per heavy atom. The third kappa shape index (κ3) is 46.4. The molecule has 0 fully saturated rings. The summed E-state index contributed by atoms with van der Waals surface area (Å²) in [5, 5.41) is 8.77. The summed E-state index contributed by atoms with van der Waals surface area (Å²) in [5.74, 6) is 0.142. The molecule has 0 saturated heterocycles. The molecule has 0 aromatic carbocycles. The number of esters is 2. The van der Waals surface area contributed by atoms with Gasteiger partial charge >= 0.3 is 11.9 Å². The van der Waals surface area contributed by atoms with E-state index in [0.29, 0.717) is 85.9 Å². The van der Waals surface area contributed by atoms with Crippen LogP contribution in [0.3, 0.4) is 0 Å². The van der Waals surface area contributed by atoms with Crippen LogP contribution in [0.4, 0.5) is 0 Å². The van der Waals surface area contributed by atoms with Crippen molar-refractivity contribution < 1.29 is 52.6 Å². The van der Waals surface area contributed by atoms with Crippen molar-refractivity contribution in [3.63, 3.8) is 0 Å². The van der Waals surface area contributed by atoms with E-state index in [1.807, 2.05) is 0 Å². The zero-order chi connectivity index (χ0) is 48.1. The van der Waals surface area contributed by atoms with E-state index in [9.17, 15) is 9.59 Å². The Kier molecular flexibility index (Phi) is 53.5. The number of carbonyl (C=O) groups is 2. The van der Waals surface area contributed by atoms with Gasteiger partial charge in [-0.2, -0.15) is 0 Å². The van der Waals surface area contributed by atoms with Gasteiger partial charge in [0.25, 0.3) is 0 Å². The predicted octanol–water partition coefficient (Wildman–Crippen LogP) is 13.3. The van der Waals surface area contributed by atoms with Crippen LogP contribution in [-0.4, -0.2) is 116 Å². The molecule has 0 rings (SSSR count). The second kappa shape index (κ2) is 54.6. The summed E-state index contributed by atoms with van der Waals surface area (Å²) < 4.78 is 46.2. The number of ether oxygens (including phenoxy) is 8. The molecule has 66 heavy (non-hydrogen) atoms. The molecule has 0 aromatic heterocycles. The second-order valence-corrected chi connectivity index (χ2v) is 18.6. The van der Waals surface area contributed by atoms with Gasteiger partial charge < -0.3 is 43.0 Å². The zero-order valence-electron chi connectivity index (χ0n) is 43.8. The molecule has 0 saturated carbocycles. The molecule has 0 spiro atoms. The van der Waals surface area contributed by atoms with Gasteiger partial charge in [-0.15, -0.1) is 0 Å². The molecule has 0 aliphatic carbocycles. The van der Waals surface area contributed by atoms with E-state index >= 15 is 0 Å². The Balaban J connectivity index is 4.58. The molecule has 3 atom stereocenters. The molecule has 0 radical (unpaired) electrons. The largest absolute Gasteiger partial charge is 0.465 e. The number of aliphatic hydroxyl groups excluding tert-OH is 1. The molecule has 0 aliphatic heterocycles. The standard InChI is InChI=1S/C55H108O11/c1-5-9-13-17-19-27-35-51(33-25-15-11-7-3)54(57)65-40-31-22-21-29-38-62-49-53(50-63-48-47-61-46-45-60-44-43-59-42-37-56)64-39-30-23-24-32-41-66-55(58)52(34-26-16-12-8-4)36-28-20-18-14-10-6-2/h51-53,56H,5-50H2,1-4H3. The number of aliphatic hydroxyl groups is 1. The Morgan fingerprint density at radius 1 is 0.333 bits per heavy atom. The highest BCUT2D eigenvalue weighted by molar-refractivity contribution is 5.72. The Labute approximate surface area is 406 Å². The van der Waals surface area contributed by atoms with E-state index in [4.69, 9.17) is 43.0 Å². The quantitative estimate of drug-likeness (QED) is 0.0462. The maximum Gasteiger partial charge on any atom is 0.308 e. The predicted molar refractivity (Wildman–Crippen MR) is 270 cm³/mol. The Bertz CT molecular complexity index is 969. The van der Waals surface area contributed by atoms with Crippen LogP contribution >= 0.6 is 0 Å². The molecule has 3 unspecified atom stereocenters. The molecule has 0 bridgehead atoms. The summed E-state index contributed by atoms with van der Waals surface area (Å²) in [6.45, 7) is 15.3. The molecule has 0 aromatic rings. The monoisotopic (exact) mass is 945 g/mol. The van der Waals surface area contributed by atoms with Crippen molar-refractivity contribution in [2.45, 2.75) is 239 Å². The highest BCUT2D eigenvalue weighted by Crippen LogP contribution is 2.22. The van der Waals surface area contributed by atoms with E-state index < -0.39 is 0 Å². The first-order valence-corrected chi connectivity index (χ1v) is 28.0. The minimum atomic E-state index is -0.167.